The Balaban J connectivity index is 1.58. The Morgan fingerprint density at radius 2 is 1.71 bits per heavy atom. The predicted octanol–water partition coefficient (Wildman–Crippen LogP) is 6.45. The SMILES string of the molecule is CC(=O)Nc1ccc(N2C(=O)S/C(=C/c3ccc(-c4c(Cl)cccc4Cl)o3)C2=O)cc1. The molecule has 4 rings (SSSR count). The normalized spacial score (nSPS) is 15.1. The van der Waals surface area contributed by atoms with E-state index in [1.165, 1.54) is 13.0 Å². The number of halogens is 2. The lowest BCUT2D eigenvalue weighted by atomic mass is 10.2. The average Bonchev–Trinajstić information content (AvgIpc) is 3.27. The number of hydrogen-bond donors (Lipinski definition) is 1. The first-order chi connectivity index (χ1) is 14.8. The first-order valence-electron chi connectivity index (χ1n) is 9.03. The second-order valence-electron chi connectivity index (χ2n) is 6.54. The van der Waals surface area contributed by atoms with Crippen molar-refractivity contribution in [3.05, 3.63) is 75.3 Å². The molecule has 0 unspecified atom stereocenters. The topological polar surface area (TPSA) is 79.6 Å². The van der Waals surface area contributed by atoms with E-state index in [0.717, 1.165) is 16.7 Å². The second-order valence-corrected chi connectivity index (χ2v) is 8.35. The van der Waals surface area contributed by atoms with Gasteiger partial charge in [-0.1, -0.05) is 29.3 Å². The lowest BCUT2D eigenvalue weighted by Crippen LogP contribution is -2.27. The molecule has 3 aromatic rings. The lowest BCUT2D eigenvalue weighted by Gasteiger charge is -2.13. The van der Waals surface area contributed by atoms with Crippen molar-refractivity contribution in [1.82, 2.24) is 0 Å². The van der Waals surface area contributed by atoms with Crippen molar-refractivity contribution in [2.24, 2.45) is 0 Å². The van der Waals surface area contributed by atoms with Crippen LogP contribution in [0.15, 0.2) is 63.9 Å². The molecule has 0 radical (unpaired) electrons. The molecule has 3 amide bonds. The van der Waals surface area contributed by atoms with E-state index in [9.17, 15) is 14.4 Å². The highest BCUT2D eigenvalue weighted by atomic mass is 35.5. The van der Waals surface area contributed by atoms with E-state index < -0.39 is 11.1 Å². The molecule has 9 heteroatoms. The van der Waals surface area contributed by atoms with Gasteiger partial charge in [-0.2, -0.15) is 0 Å². The summed E-state index contributed by atoms with van der Waals surface area (Å²) in [6.45, 7) is 1.40. The summed E-state index contributed by atoms with van der Waals surface area (Å²) >= 11 is 13.3. The maximum Gasteiger partial charge on any atom is 0.298 e. The molecule has 1 aliphatic heterocycles. The van der Waals surface area contributed by atoms with Crippen LogP contribution in [0.1, 0.15) is 12.7 Å². The van der Waals surface area contributed by atoms with E-state index in [1.807, 2.05) is 0 Å². The van der Waals surface area contributed by atoms with Gasteiger partial charge in [0.1, 0.15) is 11.5 Å². The quantitative estimate of drug-likeness (QED) is 0.441. The molecule has 2 aromatic carbocycles. The summed E-state index contributed by atoms with van der Waals surface area (Å²) in [7, 11) is 0. The summed E-state index contributed by atoms with van der Waals surface area (Å²) < 4.78 is 5.79. The van der Waals surface area contributed by atoms with Crippen LogP contribution in [0.5, 0.6) is 0 Å². The van der Waals surface area contributed by atoms with E-state index in [0.29, 0.717) is 38.5 Å². The zero-order valence-electron chi connectivity index (χ0n) is 16.0. The Labute approximate surface area is 191 Å². The number of imide groups is 1. The first-order valence-corrected chi connectivity index (χ1v) is 10.6. The Kier molecular flexibility index (Phi) is 5.91. The number of amides is 3. The molecule has 6 nitrogen and oxygen atoms in total. The average molecular weight is 473 g/mol. The van der Waals surface area contributed by atoms with Gasteiger partial charge < -0.3 is 9.73 Å². The molecule has 0 atom stereocenters. The van der Waals surface area contributed by atoms with Crippen LogP contribution < -0.4 is 10.2 Å². The monoisotopic (exact) mass is 472 g/mol. The Bertz CT molecular complexity index is 1210. The lowest BCUT2D eigenvalue weighted by molar-refractivity contribution is -0.114. The summed E-state index contributed by atoms with van der Waals surface area (Å²) in [5.74, 6) is 0.167. The summed E-state index contributed by atoms with van der Waals surface area (Å²) in [4.78, 5) is 37.7. The number of furan rings is 1. The van der Waals surface area contributed by atoms with Crippen molar-refractivity contribution in [1.29, 1.82) is 0 Å². The van der Waals surface area contributed by atoms with Crippen molar-refractivity contribution >= 4 is 69.5 Å². The highest BCUT2D eigenvalue weighted by Crippen LogP contribution is 2.38. The highest BCUT2D eigenvalue weighted by molar-refractivity contribution is 8.19. The molecular formula is C22H14Cl2N2O4S. The Hall–Kier alpha value is -3.00. The van der Waals surface area contributed by atoms with Crippen LogP contribution in [-0.2, 0) is 9.59 Å². The van der Waals surface area contributed by atoms with Gasteiger partial charge in [0, 0.05) is 18.7 Å². The Morgan fingerprint density at radius 3 is 2.35 bits per heavy atom. The van der Waals surface area contributed by atoms with Gasteiger partial charge in [-0.25, -0.2) is 4.90 Å². The molecular weight excluding hydrogens is 459 g/mol. The third-order valence-electron chi connectivity index (χ3n) is 4.35. The van der Waals surface area contributed by atoms with Crippen molar-refractivity contribution in [3.63, 3.8) is 0 Å². The van der Waals surface area contributed by atoms with E-state index in [4.69, 9.17) is 27.6 Å². The molecule has 0 aliphatic carbocycles. The van der Waals surface area contributed by atoms with Gasteiger partial charge in [0.05, 0.1) is 26.2 Å². The Morgan fingerprint density at radius 1 is 1.03 bits per heavy atom. The molecule has 31 heavy (non-hydrogen) atoms. The zero-order chi connectivity index (χ0) is 22.1. The molecule has 1 aromatic heterocycles. The van der Waals surface area contributed by atoms with Crippen LogP contribution >= 0.6 is 35.0 Å². The molecule has 0 spiro atoms. The van der Waals surface area contributed by atoms with E-state index in [-0.39, 0.29) is 10.8 Å². The van der Waals surface area contributed by atoms with E-state index in [1.54, 1.807) is 54.6 Å². The maximum atomic E-state index is 12.8. The molecule has 156 valence electrons. The second kappa shape index (κ2) is 8.63. The number of thioether (sulfide) groups is 1. The standard InChI is InChI=1S/C22H14Cl2N2O4S/c1-12(27)25-13-5-7-14(8-6-13)26-21(28)19(31-22(26)29)11-15-9-10-18(30-15)20-16(23)3-2-4-17(20)24/h2-11H,1H3,(H,25,27)/b19-11+. The first kappa shape index (κ1) is 21.2. The van der Waals surface area contributed by atoms with Crippen molar-refractivity contribution in [2.75, 3.05) is 10.2 Å². The molecule has 1 aliphatic rings. The van der Waals surface area contributed by atoms with Gasteiger partial charge in [-0.3, -0.25) is 14.4 Å². The van der Waals surface area contributed by atoms with Gasteiger partial charge in [-0.15, -0.1) is 0 Å². The smallest absolute Gasteiger partial charge is 0.298 e. The fourth-order valence-electron chi connectivity index (χ4n) is 3.01. The van der Waals surface area contributed by atoms with E-state index in [2.05, 4.69) is 5.32 Å². The number of carbonyl (C=O) groups is 3. The molecule has 1 saturated heterocycles. The number of nitrogens with one attached hydrogen (secondary N) is 1. The molecule has 1 fully saturated rings. The zero-order valence-corrected chi connectivity index (χ0v) is 18.3. The predicted molar refractivity (Wildman–Crippen MR) is 123 cm³/mol. The summed E-state index contributed by atoms with van der Waals surface area (Å²) in [6, 6.07) is 14.9. The fourth-order valence-corrected chi connectivity index (χ4v) is 4.42. The fraction of sp³-hybridized carbons (Fsp3) is 0.0455. The molecule has 0 bridgehead atoms. The molecule has 2 heterocycles. The van der Waals surface area contributed by atoms with Crippen molar-refractivity contribution in [3.8, 4) is 11.3 Å². The summed E-state index contributed by atoms with van der Waals surface area (Å²) in [5, 5.41) is 3.09. The van der Waals surface area contributed by atoms with Crippen LogP contribution in [0.2, 0.25) is 10.0 Å². The molecule has 1 N–H and O–H groups in total. The molecule has 0 saturated carbocycles. The van der Waals surface area contributed by atoms with Gasteiger partial charge in [0.15, 0.2) is 0 Å². The van der Waals surface area contributed by atoms with Gasteiger partial charge in [0.2, 0.25) is 5.91 Å². The minimum atomic E-state index is -0.462. The number of benzene rings is 2. The summed E-state index contributed by atoms with van der Waals surface area (Å²) in [6.07, 6.45) is 1.50. The minimum absolute atomic E-state index is 0.210. The van der Waals surface area contributed by atoms with Gasteiger partial charge >= 0.3 is 0 Å². The maximum absolute atomic E-state index is 12.8. The number of nitrogens with zero attached hydrogens (tertiary/aromatic N) is 1. The van der Waals surface area contributed by atoms with E-state index >= 15 is 0 Å². The van der Waals surface area contributed by atoms with Gasteiger partial charge in [-0.05, 0) is 60.3 Å². The summed E-state index contributed by atoms with van der Waals surface area (Å²) in [5.41, 5.74) is 1.53. The van der Waals surface area contributed by atoms with Gasteiger partial charge in [0.25, 0.3) is 11.1 Å². The minimum Gasteiger partial charge on any atom is -0.457 e. The number of carbonyl (C=O) groups excluding carboxylic acids is 3. The third-order valence-corrected chi connectivity index (χ3v) is 5.85. The van der Waals surface area contributed by atoms with Crippen LogP contribution in [0, 0.1) is 0 Å². The third kappa shape index (κ3) is 4.39. The van der Waals surface area contributed by atoms with Crippen molar-refractivity contribution in [2.45, 2.75) is 6.92 Å². The van der Waals surface area contributed by atoms with Crippen LogP contribution in [-0.4, -0.2) is 17.1 Å². The van der Waals surface area contributed by atoms with Crippen LogP contribution in [0.3, 0.4) is 0 Å². The number of anilines is 2. The largest absolute Gasteiger partial charge is 0.457 e. The van der Waals surface area contributed by atoms with Crippen molar-refractivity contribution < 1.29 is 18.8 Å². The van der Waals surface area contributed by atoms with Crippen LogP contribution in [0.25, 0.3) is 17.4 Å². The number of rotatable bonds is 4. The number of hydrogen-bond acceptors (Lipinski definition) is 5. The van der Waals surface area contributed by atoms with Crippen LogP contribution in [0.4, 0.5) is 16.2 Å². The highest BCUT2D eigenvalue weighted by Gasteiger charge is 2.36.